The third kappa shape index (κ3) is 4.20. The second kappa shape index (κ2) is 7.88. The zero-order valence-corrected chi connectivity index (χ0v) is 13.2. The SMILES string of the molecule is CCc1nn(C)c(CNCC(O)C(CC)CC)c1Cl. The van der Waals surface area contributed by atoms with Crippen LogP contribution in [0.25, 0.3) is 0 Å². The Morgan fingerprint density at radius 1 is 1.32 bits per heavy atom. The molecule has 4 nitrogen and oxygen atoms in total. The molecular formula is C14H26ClN3O. The van der Waals surface area contributed by atoms with Gasteiger partial charge in [0.2, 0.25) is 0 Å². The van der Waals surface area contributed by atoms with Crippen molar-refractivity contribution in [2.45, 2.75) is 52.7 Å². The van der Waals surface area contributed by atoms with Gasteiger partial charge in [0.05, 0.1) is 22.5 Å². The molecule has 0 bridgehead atoms. The van der Waals surface area contributed by atoms with E-state index in [9.17, 15) is 5.11 Å². The highest BCUT2D eigenvalue weighted by molar-refractivity contribution is 6.31. The van der Waals surface area contributed by atoms with Gasteiger partial charge in [0.1, 0.15) is 0 Å². The maximum atomic E-state index is 10.1. The second-order valence-electron chi connectivity index (χ2n) is 4.96. The molecule has 0 aliphatic rings. The first-order valence-electron chi connectivity index (χ1n) is 7.14. The summed E-state index contributed by atoms with van der Waals surface area (Å²) in [6.45, 7) is 7.50. The predicted octanol–water partition coefficient (Wildman–Crippen LogP) is 2.52. The molecule has 1 atom stereocenters. The molecule has 0 amide bonds. The van der Waals surface area contributed by atoms with Crippen LogP contribution in [0.2, 0.25) is 5.02 Å². The Balaban J connectivity index is 2.51. The van der Waals surface area contributed by atoms with Crippen LogP contribution in [0.5, 0.6) is 0 Å². The molecule has 0 fully saturated rings. The lowest BCUT2D eigenvalue weighted by Gasteiger charge is -2.20. The van der Waals surface area contributed by atoms with Gasteiger partial charge in [-0.15, -0.1) is 0 Å². The molecule has 1 unspecified atom stereocenters. The highest BCUT2D eigenvalue weighted by Gasteiger charge is 2.16. The molecule has 1 aromatic heterocycles. The molecule has 1 heterocycles. The van der Waals surface area contributed by atoms with Gasteiger partial charge in [0.15, 0.2) is 0 Å². The standard InChI is InChI=1S/C14H26ClN3O/c1-5-10(6-2)13(19)9-16-8-12-14(15)11(7-3)17-18(12)4/h10,13,16,19H,5-9H2,1-4H3. The van der Waals surface area contributed by atoms with Crippen LogP contribution in [-0.4, -0.2) is 27.5 Å². The minimum atomic E-state index is -0.298. The summed E-state index contributed by atoms with van der Waals surface area (Å²) in [6.07, 6.45) is 2.55. The van der Waals surface area contributed by atoms with E-state index in [1.165, 1.54) is 0 Å². The smallest absolute Gasteiger partial charge is 0.0863 e. The van der Waals surface area contributed by atoms with Crippen molar-refractivity contribution in [3.8, 4) is 0 Å². The number of aryl methyl sites for hydroxylation is 2. The van der Waals surface area contributed by atoms with Gasteiger partial charge in [-0.1, -0.05) is 45.2 Å². The van der Waals surface area contributed by atoms with Crippen LogP contribution >= 0.6 is 11.6 Å². The van der Waals surface area contributed by atoms with Crippen LogP contribution < -0.4 is 5.32 Å². The first-order chi connectivity index (χ1) is 9.04. The summed E-state index contributed by atoms with van der Waals surface area (Å²) in [7, 11) is 1.90. The van der Waals surface area contributed by atoms with Gasteiger partial charge in [-0.3, -0.25) is 4.68 Å². The zero-order chi connectivity index (χ0) is 14.4. The molecule has 5 heteroatoms. The molecule has 1 rings (SSSR count). The summed E-state index contributed by atoms with van der Waals surface area (Å²) in [4.78, 5) is 0. The summed E-state index contributed by atoms with van der Waals surface area (Å²) in [5, 5.41) is 18.5. The lowest BCUT2D eigenvalue weighted by Crippen LogP contribution is -2.32. The van der Waals surface area contributed by atoms with E-state index in [1.54, 1.807) is 0 Å². The van der Waals surface area contributed by atoms with E-state index in [1.807, 2.05) is 18.7 Å². The molecule has 1 aromatic rings. The van der Waals surface area contributed by atoms with E-state index in [2.05, 4.69) is 24.3 Å². The normalized spacial score (nSPS) is 13.2. The second-order valence-corrected chi connectivity index (χ2v) is 5.34. The molecule has 110 valence electrons. The number of hydrogen-bond acceptors (Lipinski definition) is 3. The summed E-state index contributed by atoms with van der Waals surface area (Å²) in [5.41, 5.74) is 1.91. The number of halogens is 1. The molecule has 0 saturated heterocycles. The summed E-state index contributed by atoms with van der Waals surface area (Å²) in [5.74, 6) is 0.362. The monoisotopic (exact) mass is 287 g/mol. The Morgan fingerprint density at radius 3 is 2.42 bits per heavy atom. The van der Waals surface area contributed by atoms with Crippen molar-refractivity contribution in [1.29, 1.82) is 0 Å². The van der Waals surface area contributed by atoms with E-state index in [-0.39, 0.29) is 6.10 Å². The van der Waals surface area contributed by atoms with Crippen LogP contribution in [0.1, 0.15) is 45.0 Å². The van der Waals surface area contributed by atoms with E-state index in [0.29, 0.717) is 19.0 Å². The first-order valence-corrected chi connectivity index (χ1v) is 7.51. The quantitative estimate of drug-likeness (QED) is 0.772. The number of nitrogens with one attached hydrogen (secondary N) is 1. The molecule has 0 spiro atoms. The number of hydrogen-bond donors (Lipinski definition) is 2. The molecular weight excluding hydrogens is 262 g/mol. The number of nitrogens with zero attached hydrogens (tertiary/aromatic N) is 2. The van der Waals surface area contributed by atoms with Crippen LogP contribution in [0.3, 0.4) is 0 Å². The van der Waals surface area contributed by atoms with Crippen molar-refractivity contribution < 1.29 is 5.11 Å². The summed E-state index contributed by atoms with van der Waals surface area (Å²) in [6, 6.07) is 0. The molecule has 0 radical (unpaired) electrons. The Bertz CT molecular complexity index is 388. The van der Waals surface area contributed by atoms with Crippen molar-refractivity contribution in [3.63, 3.8) is 0 Å². The van der Waals surface area contributed by atoms with Gasteiger partial charge >= 0.3 is 0 Å². The van der Waals surface area contributed by atoms with Crippen molar-refractivity contribution >= 4 is 11.6 Å². The van der Waals surface area contributed by atoms with Crippen LogP contribution in [0.4, 0.5) is 0 Å². The van der Waals surface area contributed by atoms with Gasteiger partial charge in [-0.05, 0) is 12.3 Å². The largest absolute Gasteiger partial charge is 0.392 e. The lowest BCUT2D eigenvalue weighted by atomic mass is 9.96. The number of aliphatic hydroxyl groups is 1. The Morgan fingerprint density at radius 2 is 1.95 bits per heavy atom. The van der Waals surface area contributed by atoms with Crippen molar-refractivity contribution in [3.05, 3.63) is 16.4 Å². The van der Waals surface area contributed by atoms with E-state index < -0.39 is 0 Å². The molecule has 2 N–H and O–H groups in total. The lowest BCUT2D eigenvalue weighted by molar-refractivity contribution is 0.101. The van der Waals surface area contributed by atoms with Crippen molar-refractivity contribution in [1.82, 2.24) is 15.1 Å². The van der Waals surface area contributed by atoms with E-state index in [0.717, 1.165) is 35.7 Å². The number of aliphatic hydroxyl groups excluding tert-OH is 1. The fourth-order valence-corrected chi connectivity index (χ4v) is 2.71. The fraction of sp³-hybridized carbons (Fsp3) is 0.786. The Labute approximate surface area is 121 Å². The molecule has 0 aromatic carbocycles. The van der Waals surface area contributed by atoms with Crippen molar-refractivity contribution in [2.24, 2.45) is 13.0 Å². The van der Waals surface area contributed by atoms with Crippen LogP contribution in [0, 0.1) is 5.92 Å². The van der Waals surface area contributed by atoms with Crippen LogP contribution in [-0.2, 0) is 20.0 Å². The first kappa shape index (κ1) is 16.5. The van der Waals surface area contributed by atoms with Crippen LogP contribution in [0.15, 0.2) is 0 Å². The fourth-order valence-electron chi connectivity index (χ4n) is 2.35. The maximum Gasteiger partial charge on any atom is 0.0863 e. The zero-order valence-electron chi connectivity index (χ0n) is 12.4. The minimum absolute atomic E-state index is 0.298. The third-order valence-electron chi connectivity index (χ3n) is 3.74. The van der Waals surface area contributed by atoms with Gasteiger partial charge in [-0.2, -0.15) is 5.10 Å². The van der Waals surface area contributed by atoms with Gasteiger partial charge < -0.3 is 10.4 Å². The van der Waals surface area contributed by atoms with Gasteiger partial charge in [0.25, 0.3) is 0 Å². The topological polar surface area (TPSA) is 50.1 Å². The summed E-state index contributed by atoms with van der Waals surface area (Å²) >= 11 is 6.28. The molecule has 0 aliphatic carbocycles. The average Bonchev–Trinajstić information content (AvgIpc) is 2.67. The Kier molecular flexibility index (Phi) is 6.83. The van der Waals surface area contributed by atoms with Gasteiger partial charge in [-0.25, -0.2) is 0 Å². The van der Waals surface area contributed by atoms with E-state index in [4.69, 9.17) is 11.6 Å². The molecule has 0 saturated carbocycles. The summed E-state index contributed by atoms with van der Waals surface area (Å²) < 4.78 is 1.82. The molecule has 0 aliphatic heterocycles. The third-order valence-corrected chi connectivity index (χ3v) is 4.18. The van der Waals surface area contributed by atoms with E-state index >= 15 is 0 Å². The highest BCUT2D eigenvalue weighted by Crippen LogP contribution is 2.20. The van der Waals surface area contributed by atoms with Gasteiger partial charge in [0, 0.05) is 20.1 Å². The van der Waals surface area contributed by atoms with Crippen molar-refractivity contribution in [2.75, 3.05) is 6.54 Å². The highest BCUT2D eigenvalue weighted by atomic mass is 35.5. The Hall–Kier alpha value is -0.580. The number of rotatable bonds is 8. The minimum Gasteiger partial charge on any atom is -0.392 e. The number of aromatic nitrogens is 2. The predicted molar refractivity (Wildman–Crippen MR) is 79.4 cm³/mol. The average molecular weight is 288 g/mol. The maximum absolute atomic E-state index is 10.1. The molecule has 19 heavy (non-hydrogen) atoms.